The highest BCUT2D eigenvalue weighted by molar-refractivity contribution is 4.94. The van der Waals surface area contributed by atoms with Crippen LogP contribution in [0.15, 0.2) is 12.7 Å². The van der Waals surface area contributed by atoms with Crippen LogP contribution in [0.25, 0.3) is 0 Å². The van der Waals surface area contributed by atoms with Crippen molar-refractivity contribution < 1.29 is 0 Å². The summed E-state index contributed by atoms with van der Waals surface area (Å²) in [5.41, 5.74) is 5.89. The van der Waals surface area contributed by atoms with Crippen molar-refractivity contribution in [2.45, 2.75) is 38.4 Å². The highest BCUT2D eigenvalue weighted by Crippen LogP contribution is 2.18. The molecular formula is C9H18N2. The second kappa shape index (κ2) is 3.37. The third-order valence-corrected chi connectivity index (χ3v) is 2.73. The SMILES string of the molecule is C=CC(C)N1CCC(N)C1C. The Labute approximate surface area is 69.1 Å². The fraction of sp³-hybridized carbons (Fsp3) is 0.778. The minimum Gasteiger partial charge on any atom is -0.326 e. The van der Waals surface area contributed by atoms with Crippen LogP contribution in [0.2, 0.25) is 0 Å². The molecule has 2 nitrogen and oxygen atoms in total. The van der Waals surface area contributed by atoms with E-state index in [0.717, 1.165) is 13.0 Å². The van der Waals surface area contributed by atoms with E-state index in [1.54, 1.807) is 0 Å². The van der Waals surface area contributed by atoms with Crippen molar-refractivity contribution in [3.05, 3.63) is 12.7 Å². The van der Waals surface area contributed by atoms with Crippen LogP contribution in [0.3, 0.4) is 0 Å². The zero-order valence-electron chi connectivity index (χ0n) is 7.46. The van der Waals surface area contributed by atoms with E-state index in [9.17, 15) is 0 Å². The summed E-state index contributed by atoms with van der Waals surface area (Å²) < 4.78 is 0. The van der Waals surface area contributed by atoms with Crippen molar-refractivity contribution in [2.24, 2.45) is 5.73 Å². The third kappa shape index (κ3) is 1.63. The molecule has 3 unspecified atom stereocenters. The molecule has 11 heavy (non-hydrogen) atoms. The summed E-state index contributed by atoms with van der Waals surface area (Å²) >= 11 is 0. The van der Waals surface area contributed by atoms with Crippen LogP contribution >= 0.6 is 0 Å². The lowest BCUT2D eigenvalue weighted by Gasteiger charge is -2.27. The van der Waals surface area contributed by atoms with Gasteiger partial charge in [0.2, 0.25) is 0 Å². The van der Waals surface area contributed by atoms with E-state index in [2.05, 4.69) is 25.3 Å². The molecule has 2 heteroatoms. The molecule has 3 atom stereocenters. The van der Waals surface area contributed by atoms with E-state index in [4.69, 9.17) is 5.73 Å². The first-order chi connectivity index (χ1) is 5.16. The third-order valence-electron chi connectivity index (χ3n) is 2.73. The van der Waals surface area contributed by atoms with Gasteiger partial charge in [0.25, 0.3) is 0 Å². The Bertz CT molecular complexity index is 144. The average Bonchev–Trinajstić information content (AvgIpc) is 2.32. The van der Waals surface area contributed by atoms with Crippen LogP contribution in [0.4, 0.5) is 0 Å². The van der Waals surface area contributed by atoms with Crippen LogP contribution in [0.5, 0.6) is 0 Å². The van der Waals surface area contributed by atoms with Gasteiger partial charge in [-0.15, -0.1) is 6.58 Å². The van der Waals surface area contributed by atoms with E-state index in [0.29, 0.717) is 18.1 Å². The average molecular weight is 154 g/mol. The standard InChI is InChI=1S/C9H18N2/c1-4-7(2)11-6-5-9(10)8(11)3/h4,7-9H,1,5-6,10H2,2-3H3. The molecular weight excluding hydrogens is 136 g/mol. The lowest BCUT2D eigenvalue weighted by Crippen LogP contribution is -2.40. The molecule has 1 aliphatic rings. The van der Waals surface area contributed by atoms with Crippen molar-refractivity contribution in [3.63, 3.8) is 0 Å². The van der Waals surface area contributed by atoms with Gasteiger partial charge < -0.3 is 5.73 Å². The molecule has 2 N–H and O–H groups in total. The van der Waals surface area contributed by atoms with Crippen LogP contribution in [-0.4, -0.2) is 29.6 Å². The fourth-order valence-corrected chi connectivity index (χ4v) is 1.70. The van der Waals surface area contributed by atoms with Gasteiger partial charge in [0.15, 0.2) is 0 Å². The molecule has 1 fully saturated rings. The Morgan fingerprint density at radius 1 is 1.73 bits per heavy atom. The number of hydrogen-bond donors (Lipinski definition) is 1. The van der Waals surface area contributed by atoms with Gasteiger partial charge >= 0.3 is 0 Å². The molecule has 0 aromatic carbocycles. The Balaban J connectivity index is 2.54. The number of nitrogens with zero attached hydrogens (tertiary/aromatic N) is 1. The molecule has 1 saturated heterocycles. The van der Waals surface area contributed by atoms with Gasteiger partial charge in [-0.25, -0.2) is 0 Å². The highest BCUT2D eigenvalue weighted by atomic mass is 15.2. The van der Waals surface area contributed by atoms with E-state index in [-0.39, 0.29) is 0 Å². The van der Waals surface area contributed by atoms with Gasteiger partial charge in [-0.3, -0.25) is 4.90 Å². The molecule has 0 amide bonds. The second-order valence-electron chi connectivity index (χ2n) is 3.41. The minimum atomic E-state index is 0.359. The summed E-state index contributed by atoms with van der Waals surface area (Å²) in [5, 5.41) is 0. The first kappa shape index (κ1) is 8.75. The van der Waals surface area contributed by atoms with Crippen molar-refractivity contribution >= 4 is 0 Å². The molecule has 0 bridgehead atoms. The first-order valence-electron chi connectivity index (χ1n) is 4.30. The van der Waals surface area contributed by atoms with Crippen LogP contribution in [0, 0.1) is 0 Å². The van der Waals surface area contributed by atoms with Gasteiger partial charge in [-0.2, -0.15) is 0 Å². The van der Waals surface area contributed by atoms with Crippen LogP contribution in [0.1, 0.15) is 20.3 Å². The molecule has 0 saturated carbocycles. The molecule has 0 radical (unpaired) electrons. The number of hydrogen-bond acceptors (Lipinski definition) is 2. The maximum atomic E-state index is 5.89. The number of rotatable bonds is 2. The molecule has 1 aliphatic heterocycles. The van der Waals surface area contributed by atoms with Crippen molar-refractivity contribution in [1.82, 2.24) is 4.90 Å². The van der Waals surface area contributed by atoms with E-state index in [1.165, 1.54) is 0 Å². The minimum absolute atomic E-state index is 0.359. The fourth-order valence-electron chi connectivity index (χ4n) is 1.70. The monoisotopic (exact) mass is 154 g/mol. The summed E-state index contributed by atoms with van der Waals surface area (Å²) in [6, 6.07) is 1.35. The maximum absolute atomic E-state index is 5.89. The molecule has 0 aromatic heterocycles. The number of likely N-dealkylation sites (tertiary alicyclic amines) is 1. The molecule has 1 heterocycles. The van der Waals surface area contributed by atoms with Crippen LogP contribution < -0.4 is 5.73 Å². The lowest BCUT2D eigenvalue weighted by atomic mass is 10.1. The zero-order chi connectivity index (χ0) is 8.43. The van der Waals surface area contributed by atoms with Gasteiger partial charge in [-0.1, -0.05) is 6.08 Å². The number of nitrogens with two attached hydrogens (primary N) is 1. The molecule has 1 rings (SSSR count). The molecule has 0 aromatic rings. The van der Waals surface area contributed by atoms with Gasteiger partial charge in [0.05, 0.1) is 0 Å². The van der Waals surface area contributed by atoms with E-state index >= 15 is 0 Å². The Kier molecular flexibility index (Phi) is 2.68. The van der Waals surface area contributed by atoms with Crippen molar-refractivity contribution in [2.75, 3.05) is 6.54 Å². The Morgan fingerprint density at radius 2 is 2.36 bits per heavy atom. The zero-order valence-corrected chi connectivity index (χ0v) is 7.46. The van der Waals surface area contributed by atoms with Crippen molar-refractivity contribution in [1.29, 1.82) is 0 Å². The largest absolute Gasteiger partial charge is 0.326 e. The Morgan fingerprint density at radius 3 is 2.73 bits per heavy atom. The smallest absolute Gasteiger partial charge is 0.0250 e. The summed E-state index contributed by atoms with van der Waals surface area (Å²) in [5.74, 6) is 0. The quantitative estimate of drug-likeness (QED) is 0.601. The summed E-state index contributed by atoms with van der Waals surface area (Å²) in [7, 11) is 0. The summed E-state index contributed by atoms with van der Waals surface area (Å²) in [4.78, 5) is 2.40. The van der Waals surface area contributed by atoms with Gasteiger partial charge in [0.1, 0.15) is 0 Å². The predicted molar refractivity (Wildman–Crippen MR) is 48.4 cm³/mol. The molecule has 0 spiro atoms. The second-order valence-corrected chi connectivity index (χ2v) is 3.41. The topological polar surface area (TPSA) is 29.3 Å². The highest BCUT2D eigenvalue weighted by Gasteiger charge is 2.29. The van der Waals surface area contributed by atoms with Gasteiger partial charge in [-0.05, 0) is 20.3 Å². The normalized spacial score (nSPS) is 35.5. The van der Waals surface area contributed by atoms with Crippen LogP contribution in [-0.2, 0) is 0 Å². The predicted octanol–water partition coefficient (Wildman–Crippen LogP) is 0.982. The van der Waals surface area contributed by atoms with E-state index in [1.807, 2.05) is 6.08 Å². The van der Waals surface area contributed by atoms with E-state index < -0.39 is 0 Å². The molecule has 0 aliphatic carbocycles. The summed E-state index contributed by atoms with van der Waals surface area (Å²) in [6.07, 6.45) is 3.11. The first-order valence-corrected chi connectivity index (χ1v) is 4.30. The van der Waals surface area contributed by atoms with Crippen molar-refractivity contribution in [3.8, 4) is 0 Å². The Hall–Kier alpha value is -0.340. The molecule has 64 valence electrons. The maximum Gasteiger partial charge on any atom is 0.0250 e. The summed E-state index contributed by atoms with van der Waals surface area (Å²) in [6.45, 7) is 9.26. The lowest BCUT2D eigenvalue weighted by molar-refractivity contribution is 0.228. The van der Waals surface area contributed by atoms with Gasteiger partial charge in [0, 0.05) is 24.7 Å².